The highest BCUT2D eigenvalue weighted by atomic mass is 16.6. The van der Waals surface area contributed by atoms with Gasteiger partial charge in [-0.3, -0.25) is 0 Å². The number of rotatable bonds is 8. The van der Waals surface area contributed by atoms with Crippen LogP contribution in [0.1, 0.15) is 56.5 Å². The van der Waals surface area contributed by atoms with Gasteiger partial charge < -0.3 is 18.6 Å². The van der Waals surface area contributed by atoms with E-state index in [-0.39, 0.29) is 5.76 Å². The largest absolute Gasteiger partial charge is 0.463 e. The van der Waals surface area contributed by atoms with E-state index in [0.29, 0.717) is 18.3 Å². The predicted molar refractivity (Wildman–Crippen MR) is 79.4 cm³/mol. The normalized spacial score (nSPS) is 13.7. The maximum Gasteiger partial charge on any atom is 0.373 e. The highest BCUT2D eigenvalue weighted by Gasteiger charge is 2.22. The van der Waals surface area contributed by atoms with Gasteiger partial charge in [0, 0.05) is 6.61 Å². The molecule has 0 N–H and O–H groups in total. The summed E-state index contributed by atoms with van der Waals surface area (Å²) >= 11 is 0. The molecule has 1 aromatic rings. The molecular formula is C16H24O6. The topological polar surface area (TPSA) is 75.0 Å². The van der Waals surface area contributed by atoms with Crippen LogP contribution in [-0.2, 0) is 19.0 Å². The van der Waals surface area contributed by atoms with Crippen LogP contribution < -0.4 is 0 Å². The first kappa shape index (κ1) is 18.2. The van der Waals surface area contributed by atoms with Crippen LogP contribution in [0.5, 0.6) is 0 Å². The molecule has 0 bridgehead atoms. The third-order valence-electron chi connectivity index (χ3n) is 3.10. The third kappa shape index (κ3) is 5.52. The Morgan fingerprint density at radius 2 is 1.86 bits per heavy atom. The minimum atomic E-state index is -0.642. The minimum Gasteiger partial charge on any atom is -0.463 e. The molecule has 0 aliphatic heterocycles. The van der Waals surface area contributed by atoms with Crippen LogP contribution in [0, 0.1) is 5.92 Å². The number of esters is 2. The fraction of sp³-hybridized carbons (Fsp3) is 0.625. The Bertz CT molecular complexity index is 491. The van der Waals surface area contributed by atoms with E-state index in [9.17, 15) is 9.59 Å². The average Bonchev–Trinajstić information content (AvgIpc) is 2.95. The Morgan fingerprint density at radius 3 is 2.45 bits per heavy atom. The molecule has 1 heterocycles. The fourth-order valence-corrected chi connectivity index (χ4v) is 1.66. The Hall–Kier alpha value is -1.82. The van der Waals surface area contributed by atoms with Crippen LogP contribution in [-0.4, -0.2) is 31.8 Å². The molecule has 0 fully saturated rings. The summed E-state index contributed by atoms with van der Waals surface area (Å²) in [5.74, 6) is -0.0748. The molecule has 1 rings (SSSR count). The van der Waals surface area contributed by atoms with Crippen LogP contribution in [0.2, 0.25) is 0 Å². The van der Waals surface area contributed by atoms with E-state index in [2.05, 4.69) is 18.6 Å². The average molecular weight is 312 g/mol. The maximum atomic E-state index is 11.9. The molecule has 2 atom stereocenters. The van der Waals surface area contributed by atoms with Crippen molar-refractivity contribution in [2.45, 2.75) is 46.3 Å². The Labute approximate surface area is 130 Å². The molecule has 1 aromatic heterocycles. The zero-order valence-corrected chi connectivity index (χ0v) is 13.8. The highest BCUT2D eigenvalue weighted by molar-refractivity contribution is 5.86. The first-order chi connectivity index (χ1) is 10.3. The number of hydrogen-bond acceptors (Lipinski definition) is 6. The molecule has 6 heteroatoms. The van der Waals surface area contributed by atoms with Gasteiger partial charge in [-0.15, -0.1) is 0 Å². The Kier molecular flexibility index (Phi) is 7.11. The number of hydrogen-bond donors (Lipinski definition) is 0. The maximum absolute atomic E-state index is 11.9. The highest BCUT2D eigenvalue weighted by Crippen LogP contribution is 2.21. The van der Waals surface area contributed by atoms with Gasteiger partial charge in [-0.2, -0.15) is 0 Å². The van der Waals surface area contributed by atoms with Crippen molar-refractivity contribution in [3.8, 4) is 0 Å². The molecule has 124 valence electrons. The van der Waals surface area contributed by atoms with Gasteiger partial charge in [-0.05, 0) is 38.3 Å². The van der Waals surface area contributed by atoms with Crippen molar-refractivity contribution in [3.63, 3.8) is 0 Å². The summed E-state index contributed by atoms with van der Waals surface area (Å²) in [6, 6.07) is 3.06. The standard InChI is InChI=1S/C16H24O6/c1-10(2)8-9-20-12(4)15(17)21-11(3)13-6-7-14(22-13)16(18)19-5/h6-7,10-12H,8-9H2,1-5H3. The molecule has 0 radical (unpaired) electrons. The van der Waals surface area contributed by atoms with Crippen molar-refractivity contribution in [1.29, 1.82) is 0 Å². The van der Waals surface area contributed by atoms with Crippen molar-refractivity contribution >= 4 is 11.9 Å². The smallest absolute Gasteiger partial charge is 0.373 e. The van der Waals surface area contributed by atoms with Crippen LogP contribution >= 0.6 is 0 Å². The first-order valence-electron chi connectivity index (χ1n) is 7.35. The molecule has 0 aliphatic carbocycles. The number of carbonyl (C=O) groups is 2. The zero-order valence-electron chi connectivity index (χ0n) is 13.8. The lowest BCUT2D eigenvalue weighted by Gasteiger charge is -2.16. The Morgan fingerprint density at radius 1 is 1.18 bits per heavy atom. The van der Waals surface area contributed by atoms with Crippen LogP contribution in [0.4, 0.5) is 0 Å². The van der Waals surface area contributed by atoms with Crippen LogP contribution in [0.3, 0.4) is 0 Å². The Balaban J connectivity index is 2.49. The van der Waals surface area contributed by atoms with E-state index in [1.165, 1.54) is 13.2 Å². The number of carbonyl (C=O) groups excluding carboxylic acids is 2. The summed E-state index contributed by atoms with van der Waals surface area (Å²) in [5, 5.41) is 0. The van der Waals surface area contributed by atoms with Gasteiger partial charge in [0.05, 0.1) is 7.11 Å². The molecule has 22 heavy (non-hydrogen) atoms. The van der Waals surface area contributed by atoms with Crippen molar-refractivity contribution in [1.82, 2.24) is 0 Å². The van der Waals surface area contributed by atoms with Gasteiger partial charge in [-0.1, -0.05) is 13.8 Å². The summed E-state index contributed by atoms with van der Waals surface area (Å²) in [6.07, 6.45) is -0.369. The summed E-state index contributed by atoms with van der Waals surface area (Å²) in [5.41, 5.74) is 0. The summed E-state index contributed by atoms with van der Waals surface area (Å²) in [7, 11) is 1.27. The predicted octanol–water partition coefficient (Wildman–Crippen LogP) is 3.12. The lowest BCUT2D eigenvalue weighted by molar-refractivity contribution is -0.162. The number of furan rings is 1. The van der Waals surface area contributed by atoms with E-state index in [1.807, 2.05) is 0 Å². The monoisotopic (exact) mass is 312 g/mol. The van der Waals surface area contributed by atoms with Gasteiger partial charge >= 0.3 is 11.9 Å². The number of ether oxygens (including phenoxy) is 3. The van der Waals surface area contributed by atoms with Gasteiger partial charge in [0.25, 0.3) is 0 Å². The number of methoxy groups -OCH3 is 1. The van der Waals surface area contributed by atoms with E-state index in [0.717, 1.165) is 6.42 Å². The van der Waals surface area contributed by atoms with Gasteiger partial charge in [-0.25, -0.2) is 9.59 Å². The van der Waals surface area contributed by atoms with E-state index >= 15 is 0 Å². The zero-order chi connectivity index (χ0) is 16.7. The third-order valence-corrected chi connectivity index (χ3v) is 3.10. The summed E-state index contributed by atoms with van der Waals surface area (Å²) in [4.78, 5) is 23.2. The lowest BCUT2D eigenvalue weighted by Crippen LogP contribution is -2.25. The molecule has 0 amide bonds. The molecule has 2 unspecified atom stereocenters. The second-order valence-corrected chi connectivity index (χ2v) is 5.47. The fourth-order valence-electron chi connectivity index (χ4n) is 1.66. The lowest BCUT2D eigenvalue weighted by atomic mass is 10.1. The van der Waals surface area contributed by atoms with Crippen LogP contribution in [0.25, 0.3) is 0 Å². The molecule has 0 aromatic carbocycles. The van der Waals surface area contributed by atoms with Crippen molar-refractivity contribution in [2.24, 2.45) is 5.92 Å². The van der Waals surface area contributed by atoms with E-state index in [1.54, 1.807) is 19.9 Å². The first-order valence-corrected chi connectivity index (χ1v) is 7.35. The molecular weight excluding hydrogens is 288 g/mol. The van der Waals surface area contributed by atoms with Gasteiger partial charge in [0.15, 0.2) is 12.2 Å². The van der Waals surface area contributed by atoms with Crippen LogP contribution in [0.15, 0.2) is 16.5 Å². The second-order valence-electron chi connectivity index (χ2n) is 5.47. The van der Waals surface area contributed by atoms with Crippen molar-refractivity contribution in [3.05, 3.63) is 23.7 Å². The summed E-state index contributed by atoms with van der Waals surface area (Å²) in [6.45, 7) is 8.00. The van der Waals surface area contributed by atoms with E-state index < -0.39 is 24.1 Å². The molecule has 0 saturated carbocycles. The molecule has 6 nitrogen and oxygen atoms in total. The van der Waals surface area contributed by atoms with Gasteiger partial charge in [0.2, 0.25) is 5.76 Å². The molecule has 0 saturated heterocycles. The van der Waals surface area contributed by atoms with Gasteiger partial charge in [0.1, 0.15) is 5.76 Å². The molecule has 0 spiro atoms. The second kappa shape index (κ2) is 8.58. The SMILES string of the molecule is COC(=O)c1ccc(C(C)OC(=O)C(C)OCCC(C)C)o1. The quantitative estimate of drug-likeness (QED) is 0.687. The minimum absolute atomic E-state index is 0.0710. The van der Waals surface area contributed by atoms with Crippen molar-refractivity contribution < 1.29 is 28.2 Å². The van der Waals surface area contributed by atoms with E-state index in [4.69, 9.17) is 13.9 Å². The molecule has 0 aliphatic rings. The summed E-state index contributed by atoms with van der Waals surface area (Å²) < 4.78 is 20.6. The van der Waals surface area contributed by atoms with Crippen molar-refractivity contribution in [2.75, 3.05) is 13.7 Å².